The van der Waals surface area contributed by atoms with E-state index in [0.717, 1.165) is 29.5 Å². The van der Waals surface area contributed by atoms with Gasteiger partial charge in [0.15, 0.2) is 5.82 Å². The average Bonchev–Trinajstić information content (AvgIpc) is 3.26. The number of anilines is 1. The molecule has 0 bridgehead atoms. The third kappa shape index (κ3) is 3.11. The lowest BCUT2D eigenvalue weighted by Gasteiger charge is -2.19. The second-order valence-electron chi connectivity index (χ2n) is 5.53. The highest BCUT2D eigenvalue weighted by Crippen LogP contribution is 2.32. The van der Waals surface area contributed by atoms with E-state index in [2.05, 4.69) is 26.8 Å². The van der Waals surface area contributed by atoms with Crippen molar-refractivity contribution in [2.24, 2.45) is 0 Å². The van der Waals surface area contributed by atoms with Crippen molar-refractivity contribution >= 4 is 16.7 Å². The third-order valence-electron chi connectivity index (χ3n) is 3.99. The molecule has 5 heteroatoms. The van der Waals surface area contributed by atoms with Gasteiger partial charge in [-0.15, -0.1) is 0 Å². The smallest absolute Gasteiger partial charge is 0.203 e. The van der Waals surface area contributed by atoms with Gasteiger partial charge in [0, 0.05) is 23.7 Å². The number of nitrogens with zero attached hydrogens (tertiary/aromatic N) is 2. The number of nitrogens with one attached hydrogen (secondary N) is 1. The van der Waals surface area contributed by atoms with Gasteiger partial charge < -0.3 is 10.1 Å². The average molecular weight is 323 g/mol. The normalized spacial score (nSPS) is 20.5. The van der Waals surface area contributed by atoms with E-state index in [0.29, 0.717) is 0 Å². The number of hydrogen-bond donors (Lipinski definition) is 1. The largest absolute Gasteiger partial charge is 0.371 e. The van der Waals surface area contributed by atoms with Gasteiger partial charge in [0.05, 0.1) is 6.04 Å². The zero-order valence-electron chi connectivity index (χ0n) is 12.6. The number of hydrogen-bond acceptors (Lipinski definition) is 5. The van der Waals surface area contributed by atoms with E-state index in [9.17, 15) is 0 Å². The van der Waals surface area contributed by atoms with Gasteiger partial charge in [0.2, 0.25) is 5.13 Å². The molecule has 1 aliphatic rings. The summed E-state index contributed by atoms with van der Waals surface area (Å²) >= 11 is 1.40. The minimum absolute atomic E-state index is 0.0697. The minimum atomic E-state index is 0.0697. The third-order valence-corrected chi connectivity index (χ3v) is 4.63. The standard InChI is InChI=1S/C18H17N3OS/c1-3-7-13(8-4-1)16-15(11-12-22-16)19-18-20-17(21-23-18)14-9-5-2-6-10-14/h1-10,15-16H,11-12H2,(H,19,20,21)/t15-,16+/m0/s1. The van der Waals surface area contributed by atoms with Gasteiger partial charge in [-0.05, 0) is 12.0 Å². The Morgan fingerprint density at radius 2 is 1.74 bits per heavy atom. The van der Waals surface area contributed by atoms with E-state index in [4.69, 9.17) is 4.74 Å². The zero-order valence-corrected chi connectivity index (χ0v) is 13.4. The van der Waals surface area contributed by atoms with Crippen LogP contribution in [0, 0.1) is 0 Å². The lowest BCUT2D eigenvalue weighted by Crippen LogP contribution is -2.23. The fraction of sp³-hybridized carbons (Fsp3) is 0.222. The second kappa shape index (κ2) is 6.48. The maximum Gasteiger partial charge on any atom is 0.203 e. The summed E-state index contributed by atoms with van der Waals surface area (Å²) in [7, 11) is 0. The molecule has 0 radical (unpaired) electrons. The van der Waals surface area contributed by atoms with Crippen LogP contribution in [0.5, 0.6) is 0 Å². The Hall–Kier alpha value is -2.24. The zero-order chi connectivity index (χ0) is 15.5. The van der Waals surface area contributed by atoms with Crippen LogP contribution in [0.2, 0.25) is 0 Å². The van der Waals surface area contributed by atoms with Crippen LogP contribution in [-0.2, 0) is 4.74 Å². The molecule has 1 fully saturated rings. The molecule has 0 unspecified atom stereocenters. The molecule has 1 aliphatic heterocycles. The van der Waals surface area contributed by atoms with Crippen molar-refractivity contribution in [1.29, 1.82) is 0 Å². The molecule has 2 heterocycles. The molecule has 0 amide bonds. The molecular formula is C18H17N3OS. The summed E-state index contributed by atoms with van der Waals surface area (Å²) in [6, 6.07) is 20.6. The van der Waals surface area contributed by atoms with Crippen LogP contribution in [0.1, 0.15) is 18.1 Å². The van der Waals surface area contributed by atoms with Crippen molar-refractivity contribution in [3.05, 3.63) is 66.2 Å². The lowest BCUT2D eigenvalue weighted by atomic mass is 10.0. The first-order valence-corrected chi connectivity index (χ1v) is 8.50. The van der Waals surface area contributed by atoms with Gasteiger partial charge in [-0.2, -0.15) is 9.36 Å². The quantitative estimate of drug-likeness (QED) is 0.783. The van der Waals surface area contributed by atoms with Crippen molar-refractivity contribution < 1.29 is 4.74 Å². The van der Waals surface area contributed by atoms with Crippen LogP contribution < -0.4 is 5.32 Å². The van der Waals surface area contributed by atoms with Crippen molar-refractivity contribution in [2.45, 2.75) is 18.6 Å². The number of rotatable bonds is 4. The highest BCUT2D eigenvalue weighted by atomic mass is 32.1. The predicted octanol–water partition coefficient (Wildman–Crippen LogP) is 4.15. The first-order chi connectivity index (χ1) is 11.4. The first-order valence-electron chi connectivity index (χ1n) is 7.72. The Kier molecular flexibility index (Phi) is 4.05. The Balaban J connectivity index is 1.51. The van der Waals surface area contributed by atoms with E-state index in [1.54, 1.807) is 0 Å². The molecule has 116 valence electrons. The van der Waals surface area contributed by atoms with Gasteiger partial charge in [-0.3, -0.25) is 0 Å². The lowest BCUT2D eigenvalue weighted by molar-refractivity contribution is 0.107. The molecule has 1 saturated heterocycles. The molecule has 2 aromatic carbocycles. The minimum Gasteiger partial charge on any atom is -0.371 e. The Bertz CT molecular complexity index is 760. The number of ether oxygens (including phenoxy) is 1. The molecule has 4 nitrogen and oxygen atoms in total. The summed E-state index contributed by atoms with van der Waals surface area (Å²) in [5, 5.41) is 4.35. The summed E-state index contributed by atoms with van der Waals surface area (Å²) in [4.78, 5) is 4.61. The van der Waals surface area contributed by atoms with Crippen molar-refractivity contribution in [3.8, 4) is 11.4 Å². The Morgan fingerprint density at radius 3 is 2.52 bits per heavy atom. The summed E-state index contributed by atoms with van der Waals surface area (Å²) in [6.07, 6.45) is 1.04. The monoisotopic (exact) mass is 323 g/mol. The first kappa shape index (κ1) is 14.4. The van der Waals surface area contributed by atoms with Crippen LogP contribution in [-0.4, -0.2) is 22.0 Å². The van der Waals surface area contributed by atoms with Crippen molar-refractivity contribution in [2.75, 3.05) is 11.9 Å². The Morgan fingerprint density at radius 1 is 1.00 bits per heavy atom. The molecule has 0 aliphatic carbocycles. The van der Waals surface area contributed by atoms with Crippen LogP contribution in [0.25, 0.3) is 11.4 Å². The maximum absolute atomic E-state index is 5.91. The summed E-state index contributed by atoms with van der Waals surface area (Å²) < 4.78 is 10.4. The highest BCUT2D eigenvalue weighted by Gasteiger charge is 2.30. The van der Waals surface area contributed by atoms with Gasteiger partial charge in [0.1, 0.15) is 6.10 Å². The fourth-order valence-corrected chi connectivity index (χ4v) is 3.50. The van der Waals surface area contributed by atoms with Crippen molar-refractivity contribution in [1.82, 2.24) is 9.36 Å². The van der Waals surface area contributed by atoms with E-state index in [1.807, 2.05) is 48.5 Å². The van der Waals surface area contributed by atoms with Crippen LogP contribution >= 0.6 is 11.5 Å². The maximum atomic E-state index is 5.91. The molecule has 1 aromatic heterocycles. The van der Waals surface area contributed by atoms with Crippen LogP contribution in [0.3, 0.4) is 0 Å². The van der Waals surface area contributed by atoms with Crippen molar-refractivity contribution in [3.63, 3.8) is 0 Å². The predicted molar refractivity (Wildman–Crippen MR) is 92.5 cm³/mol. The van der Waals surface area contributed by atoms with Crippen LogP contribution in [0.4, 0.5) is 5.13 Å². The molecular weight excluding hydrogens is 306 g/mol. The van der Waals surface area contributed by atoms with E-state index in [-0.39, 0.29) is 12.1 Å². The highest BCUT2D eigenvalue weighted by molar-refractivity contribution is 7.09. The van der Waals surface area contributed by atoms with Gasteiger partial charge in [0.25, 0.3) is 0 Å². The van der Waals surface area contributed by atoms with Gasteiger partial charge in [-0.1, -0.05) is 60.7 Å². The molecule has 0 saturated carbocycles. The fourth-order valence-electron chi connectivity index (χ4n) is 2.85. The van der Waals surface area contributed by atoms with Gasteiger partial charge >= 0.3 is 0 Å². The molecule has 1 N–H and O–H groups in total. The molecule has 4 rings (SSSR count). The summed E-state index contributed by atoms with van der Waals surface area (Å²) in [5.74, 6) is 0.772. The molecule has 23 heavy (non-hydrogen) atoms. The van der Waals surface area contributed by atoms with E-state index < -0.39 is 0 Å². The molecule has 0 spiro atoms. The summed E-state index contributed by atoms with van der Waals surface area (Å²) in [5.41, 5.74) is 2.24. The van der Waals surface area contributed by atoms with E-state index >= 15 is 0 Å². The van der Waals surface area contributed by atoms with Crippen LogP contribution in [0.15, 0.2) is 60.7 Å². The Labute approximate surface area is 139 Å². The summed E-state index contributed by atoms with van der Waals surface area (Å²) in [6.45, 7) is 0.765. The molecule has 2 atom stereocenters. The number of benzene rings is 2. The SMILES string of the molecule is c1ccc(-c2nsc(N[C@H]3CCO[C@@H]3c3ccccc3)n2)cc1. The molecule has 3 aromatic rings. The van der Waals surface area contributed by atoms with E-state index in [1.165, 1.54) is 17.1 Å². The second-order valence-corrected chi connectivity index (χ2v) is 6.28. The van der Waals surface area contributed by atoms with Gasteiger partial charge in [-0.25, -0.2) is 0 Å². The topological polar surface area (TPSA) is 47.0 Å². The number of aromatic nitrogens is 2.